The number of benzene rings is 2. The number of carbonyl (C=O) groups excluding carboxylic acids is 1. The minimum atomic E-state index is 0.00879. The van der Waals surface area contributed by atoms with E-state index in [-0.39, 0.29) is 12.1 Å². The Bertz CT molecular complexity index is 800. The van der Waals surface area contributed by atoms with Crippen molar-refractivity contribution in [3.05, 3.63) is 65.7 Å². The highest BCUT2D eigenvalue weighted by molar-refractivity contribution is 5.79. The summed E-state index contributed by atoms with van der Waals surface area (Å²) in [6, 6.07) is 18.3. The molecule has 0 saturated carbocycles. The van der Waals surface area contributed by atoms with Crippen LogP contribution in [0.5, 0.6) is 5.75 Å². The summed E-state index contributed by atoms with van der Waals surface area (Å²) in [5.41, 5.74) is 2.38. The maximum absolute atomic E-state index is 12.8. The SMILES string of the molecule is COc1cccc(CC2CN(C(=O)N3N=CCC3c3ccccc3)C2)c1. The van der Waals surface area contributed by atoms with Crippen LogP contribution < -0.4 is 4.74 Å². The number of nitrogens with zero attached hydrogens (tertiary/aromatic N) is 3. The Kier molecular flexibility index (Phi) is 4.61. The molecule has 4 rings (SSSR count). The quantitative estimate of drug-likeness (QED) is 0.844. The van der Waals surface area contributed by atoms with Gasteiger partial charge >= 0.3 is 6.03 Å². The van der Waals surface area contributed by atoms with Crippen molar-refractivity contribution in [1.82, 2.24) is 9.91 Å². The first-order valence-electron chi connectivity index (χ1n) is 9.03. The zero-order valence-corrected chi connectivity index (χ0v) is 14.9. The lowest BCUT2D eigenvalue weighted by Gasteiger charge is -2.41. The van der Waals surface area contributed by atoms with E-state index in [1.54, 1.807) is 12.1 Å². The molecular formula is C21H23N3O2. The van der Waals surface area contributed by atoms with Gasteiger partial charge in [-0.15, -0.1) is 0 Å². The summed E-state index contributed by atoms with van der Waals surface area (Å²) >= 11 is 0. The Labute approximate surface area is 153 Å². The number of urea groups is 1. The van der Waals surface area contributed by atoms with Crippen LogP contribution in [-0.2, 0) is 6.42 Å². The van der Waals surface area contributed by atoms with Gasteiger partial charge in [0.05, 0.1) is 13.2 Å². The second-order valence-corrected chi connectivity index (χ2v) is 6.91. The second kappa shape index (κ2) is 7.20. The molecular weight excluding hydrogens is 326 g/mol. The molecule has 0 N–H and O–H groups in total. The number of likely N-dealkylation sites (tertiary alicyclic amines) is 1. The van der Waals surface area contributed by atoms with Gasteiger partial charge in [-0.2, -0.15) is 5.10 Å². The van der Waals surface area contributed by atoms with Gasteiger partial charge in [-0.25, -0.2) is 9.80 Å². The molecule has 0 spiro atoms. The highest BCUT2D eigenvalue weighted by atomic mass is 16.5. The van der Waals surface area contributed by atoms with E-state index in [1.165, 1.54) is 5.56 Å². The highest BCUT2D eigenvalue weighted by Gasteiger charge is 2.37. The molecule has 1 atom stereocenters. The lowest BCUT2D eigenvalue weighted by Crippen LogP contribution is -2.54. The summed E-state index contributed by atoms with van der Waals surface area (Å²) in [5, 5.41) is 5.96. The molecule has 0 aromatic heterocycles. The number of amides is 2. The predicted molar refractivity (Wildman–Crippen MR) is 101 cm³/mol. The fourth-order valence-corrected chi connectivity index (χ4v) is 3.68. The molecule has 26 heavy (non-hydrogen) atoms. The van der Waals surface area contributed by atoms with E-state index in [1.807, 2.05) is 41.4 Å². The van der Waals surface area contributed by atoms with E-state index >= 15 is 0 Å². The number of ether oxygens (including phenoxy) is 1. The molecule has 134 valence electrons. The monoisotopic (exact) mass is 349 g/mol. The van der Waals surface area contributed by atoms with Gasteiger partial charge in [0, 0.05) is 25.7 Å². The van der Waals surface area contributed by atoms with Crippen LogP contribution in [0.3, 0.4) is 0 Å². The Balaban J connectivity index is 1.35. The Morgan fingerprint density at radius 2 is 1.96 bits per heavy atom. The first kappa shape index (κ1) is 16.6. The van der Waals surface area contributed by atoms with E-state index in [2.05, 4.69) is 29.4 Å². The Hall–Kier alpha value is -2.82. The van der Waals surface area contributed by atoms with Crippen LogP contribution in [0.2, 0.25) is 0 Å². The molecule has 2 amide bonds. The van der Waals surface area contributed by atoms with E-state index < -0.39 is 0 Å². The van der Waals surface area contributed by atoms with Crippen LogP contribution in [0, 0.1) is 5.92 Å². The molecule has 0 aliphatic carbocycles. The van der Waals surface area contributed by atoms with Gasteiger partial charge < -0.3 is 9.64 Å². The lowest BCUT2D eigenvalue weighted by atomic mass is 9.92. The van der Waals surface area contributed by atoms with Crippen molar-refractivity contribution in [2.24, 2.45) is 11.0 Å². The van der Waals surface area contributed by atoms with E-state index in [0.717, 1.165) is 37.2 Å². The molecule has 5 nitrogen and oxygen atoms in total. The van der Waals surface area contributed by atoms with Crippen LogP contribution in [0.1, 0.15) is 23.6 Å². The second-order valence-electron chi connectivity index (χ2n) is 6.91. The van der Waals surface area contributed by atoms with Gasteiger partial charge in [0.15, 0.2) is 0 Å². The standard InChI is InChI=1S/C21H23N3O2/c1-26-19-9-5-6-16(13-19)12-17-14-23(15-17)21(25)24-20(10-11-22-24)18-7-3-2-4-8-18/h2-9,11,13,17,20H,10,12,14-15H2,1H3. The summed E-state index contributed by atoms with van der Waals surface area (Å²) in [6.45, 7) is 1.56. The molecule has 1 unspecified atom stereocenters. The number of hydrogen-bond donors (Lipinski definition) is 0. The zero-order valence-electron chi connectivity index (χ0n) is 14.9. The molecule has 0 radical (unpaired) electrons. The summed E-state index contributed by atoms with van der Waals surface area (Å²) in [7, 11) is 1.68. The first-order chi connectivity index (χ1) is 12.7. The van der Waals surface area contributed by atoms with Gasteiger partial charge in [-0.3, -0.25) is 0 Å². The van der Waals surface area contributed by atoms with Gasteiger partial charge in [0.25, 0.3) is 0 Å². The molecule has 2 aromatic rings. The number of methoxy groups -OCH3 is 1. The average Bonchev–Trinajstić information content (AvgIpc) is 3.14. The predicted octanol–water partition coefficient (Wildman–Crippen LogP) is 3.72. The van der Waals surface area contributed by atoms with Crippen molar-refractivity contribution >= 4 is 12.2 Å². The van der Waals surface area contributed by atoms with Crippen LogP contribution in [0.4, 0.5) is 4.79 Å². The van der Waals surface area contributed by atoms with Crippen LogP contribution in [0.25, 0.3) is 0 Å². The van der Waals surface area contributed by atoms with Crippen molar-refractivity contribution in [2.75, 3.05) is 20.2 Å². The number of hydrazone groups is 1. The molecule has 5 heteroatoms. The molecule has 2 aliphatic rings. The highest BCUT2D eigenvalue weighted by Crippen LogP contribution is 2.31. The van der Waals surface area contributed by atoms with Crippen molar-refractivity contribution in [3.8, 4) is 5.75 Å². The largest absolute Gasteiger partial charge is 0.497 e. The minimum absolute atomic E-state index is 0.00879. The van der Waals surface area contributed by atoms with Crippen LogP contribution in [-0.4, -0.2) is 42.4 Å². The van der Waals surface area contributed by atoms with Crippen molar-refractivity contribution in [2.45, 2.75) is 18.9 Å². The fourth-order valence-electron chi connectivity index (χ4n) is 3.68. The molecule has 1 fully saturated rings. The van der Waals surface area contributed by atoms with Gasteiger partial charge in [-0.05, 0) is 35.6 Å². The first-order valence-corrected chi connectivity index (χ1v) is 9.03. The third-order valence-electron chi connectivity index (χ3n) is 5.10. The van der Waals surface area contributed by atoms with Crippen molar-refractivity contribution in [1.29, 1.82) is 0 Å². The van der Waals surface area contributed by atoms with Gasteiger partial charge in [-0.1, -0.05) is 42.5 Å². The van der Waals surface area contributed by atoms with Crippen molar-refractivity contribution < 1.29 is 9.53 Å². The topological polar surface area (TPSA) is 45.1 Å². The van der Waals surface area contributed by atoms with Gasteiger partial charge in [0.2, 0.25) is 0 Å². The van der Waals surface area contributed by atoms with Crippen molar-refractivity contribution in [3.63, 3.8) is 0 Å². The van der Waals surface area contributed by atoms with Crippen LogP contribution >= 0.6 is 0 Å². The van der Waals surface area contributed by atoms with Crippen LogP contribution in [0.15, 0.2) is 59.7 Å². The molecule has 2 aliphatic heterocycles. The van der Waals surface area contributed by atoms with E-state index in [4.69, 9.17) is 4.74 Å². The van der Waals surface area contributed by atoms with E-state index in [0.29, 0.717) is 5.92 Å². The molecule has 1 saturated heterocycles. The minimum Gasteiger partial charge on any atom is -0.497 e. The third-order valence-corrected chi connectivity index (χ3v) is 5.10. The molecule has 2 aromatic carbocycles. The number of rotatable bonds is 4. The normalized spacial score (nSPS) is 19.5. The number of carbonyl (C=O) groups is 1. The average molecular weight is 349 g/mol. The fraction of sp³-hybridized carbons (Fsp3) is 0.333. The summed E-state index contributed by atoms with van der Waals surface area (Å²) in [6.07, 6.45) is 3.58. The Morgan fingerprint density at radius 3 is 2.73 bits per heavy atom. The maximum Gasteiger partial charge on any atom is 0.341 e. The molecule has 0 bridgehead atoms. The summed E-state index contributed by atoms with van der Waals surface area (Å²) in [5.74, 6) is 1.37. The summed E-state index contributed by atoms with van der Waals surface area (Å²) < 4.78 is 5.28. The molecule has 2 heterocycles. The smallest absolute Gasteiger partial charge is 0.341 e. The third kappa shape index (κ3) is 3.29. The van der Waals surface area contributed by atoms with Gasteiger partial charge in [0.1, 0.15) is 5.75 Å². The lowest BCUT2D eigenvalue weighted by molar-refractivity contribution is 0.0835. The summed E-state index contributed by atoms with van der Waals surface area (Å²) in [4.78, 5) is 14.7. The maximum atomic E-state index is 12.8. The van der Waals surface area contributed by atoms with E-state index in [9.17, 15) is 4.79 Å². The zero-order chi connectivity index (χ0) is 17.9. The number of hydrogen-bond acceptors (Lipinski definition) is 3. The Morgan fingerprint density at radius 1 is 1.15 bits per heavy atom.